The molecular weight excluding hydrogens is 278 g/mol. The summed E-state index contributed by atoms with van der Waals surface area (Å²) in [5.74, 6) is -0.970. The van der Waals surface area contributed by atoms with Crippen LogP contribution in [0, 0.1) is 16.0 Å². The molecule has 1 unspecified atom stereocenters. The Hall–Kier alpha value is -2.64. The number of non-ortho nitro benzene ring substituents is 1. The number of imidazole rings is 1. The van der Waals surface area contributed by atoms with E-state index in [1.807, 2.05) is 0 Å². The van der Waals surface area contributed by atoms with E-state index < -0.39 is 16.8 Å². The van der Waals surface area contributed by atoms with Crippen molar-refractivity contribution in [2.75, 3.05) is 7.11 Å². The van der Waals surface area contributed by atoms with Crippen LogP contribution in [0.15, 0.2) is 23.0 Å². The summed E-state index contributed by atoms with van der Waals surface area (Å²) in [6.45, 7) is 1.73. The maximum Gasteiger partial charge on any atom is 0.328 e. The van der Waals surface area contributed by atoms with Gasteiger partial charge in [-0.3, -0.25) is 24.0 Å². The van der Waals surface area contributed by atoms with E-state index in [-0.39, 0.29) is 17.9 Å². The number of hydrogen-bond donors (Lipinski definition) is 0. The van der Waals surface area contributed by atoms with Crippen molar-refractivity contribution in [1.82, 2.24) is 9.13 Å². The molecule has 8 heteroatoms. The summed E-state index contributed by atoms with van der Waals surface area (Å²) in [6, 6.07) is 4.20. The Bertz CT molecular complexity index is 774. The van der Waals surface area contributed by atoms with Gasteiger partial charge < -0.3 is 4.74 Å². The average Bonchev–Trinajstić information content (AvgIpc) is 2.70. The first-order chi connectivity index (χ1) is 9.86. The fourth-order valence-corrected chi connectivity index (χ4v) is 2.24. The number of hydrogen-bond acceptors (Lipinski definition) is 5. The molecule has 8 nitrogen and oxygen atoms in total. The van der Waals surface area contributed by atoms with Gasteiger partial charge in [0.2, 0.25) is 0 Å². The molecular formula is C13H15N3O5. The first-order valence-corrected chi connectivity index (χ1v) is 6.28. The number of benzene rings is 1. The predicted molar refractivity (Wildman–Crippen MR) is 75.0 cm³/mol. The van der Waals surface area contributed by atoms with Gasteiger partial charge in [-0.05, 0) is 6.07 Å². The van der Waals surface area contributed by atoms with Crippen molar-refractivity contribution in [3.8, 4) is 0 Å². The first-order valence-electron chi connectivity index (χ1n) is 6.28. The molecule has 0 aliphatic carbocycles. The molecule has 21 heavy (non-hydrogen) atoms. The highest BCUT2D eigenvalue weighted by Crippen LogP contribution is 2.20. The normalized spacial score (nSPS) is 12.3. The molecule has 1 aromatic heterocycles. The Morgan fingerprint density at radius 1 is 1.43 bits per heavy atom. The summed E-state index contributed by atoms with van der Waals surface area (Å²) in [6.07, 6.45) is 0. The highest BCUT2D eigenvalue weighted by Gasteiger charge is 2.20. The van der Waals surface area contributed by atoms with Gasteiger partial charge in [0.05, 0.1) is 29.0 Å². The van der Waals surface area contributed by atoms with Crippen molar-refractivity contribution in [3.63, 3.8) is 0 Å². The van der Waals surface area contributed by atoms with Crippen molar-refractivity contribution in [1.29, 1.82) is 0 Å². The van der Waals surface area contributed by atoms with E-state index in [1.54, 1.807) is 14.0 Å². The lowest BCUT2D eigenvalue weighted by Gasteiger charge is -2.09. The van der Waals surface area contributed by atoms with Crippen LogP contribution in [-0.2, 0) is 23.1 Å². The van der Waals surface area contributed by atoms with Gasteiger partial charge in [-0.25, -0.2) is 4.79 Å². The Morgan fingerprint density at radius 2 is 2.10 bits per heavy atom. The number of carbonyl (C=O) groups is 1. The molecule has 1 heterocycles. The number of aryl methyl sites for hydroxylation is 1. The van der Waals surface area contributed by atoms with E-state index >= 15 is 0 Å². The van der Waals surface area contributed by atoms with E-state index in [0.717, 1.165) is 0 Å². The lowest BCUT2D eigenvalue weighted by Crippen LogP contribution is -2.27. The van der Waals surface area contributed by atoms with Gasteiger partial charge in [-0.2, -0.15) is 0 Å². The fourth-order valence-electron chi connectivity index (χ4n) is 2.24. The SMILES string of the molecule is COC(=O)C(C)Cn1c(=O)n(C)c2ccc([N+](=O)[O-])cc21. The largest absolute Gasteiger partial charge is 0.469 e. The molecule has 0 saturated carbocycles. The Kier molecular flexibility index (Phi) is 3.79. The molecule has 0 amide bonds. The minimum atomic E-state index is -0.530. The van der Waals surface area contributed by atoms with Crippen LogP contribution < -0.4 is 5.69 Å². The monoisotopic (exact) mass is 293 g/mol. The lowest BCUT2D eigenvalue weighted by molar-refractivity contribution is -0.384. The van der Waals surface area contributed by atoms with Gasteiger partial charge in [0.25, 0.3) is 5.69 Å². The third-order valence-corrected chi connectivity index (χ3v) is 3.40. The molecule has 2 rings (SSSR count). The quantitative estimate of drug-likeness (QED) is 0.477. The van der Waals surface area contributed by atoms with Gasteiger partial charge in [0, 0.05) is 25.7 Å². The Balaban J connectivity index is 2.58. The number of rotatable bonds is 4. The summed E-state index contributed by atoms with van der Waals surface area (Å²) in [5.41, 5.74) is 0.559. The lowest BCUT2D eigenvalue weighted by atomic mass is 10.2. The maximum absolute atomic E-state index is 12.2. The minimum absolute atomic E-state index is 0.101. The summed E-state index contributed by atoms with van der Waals surface area (Å²) >= 11 is 0. The molecule has 0 radical (unpaired) electrons. The molecule has 1 aromatic carbocycles. The number of nitro benzene ring substituents is 1. The molecule has 0 aliphatic rings. The van der Waals surface area contributed by atoms with Crippen LogP contribution in [0.25, 0.3) is 11.0 Å². The summed E-state index contributed by atoms with van der Waals surface area (Å²) in [7, 11) is 2.85. The minimum Gasteiger partial charge on any atom is -0.469 e. The van der Waals surface area contributed by atoms with E-state index in [2.05, 4.69) is 4.74 Å². The Labute approximate surface area is 119 Å². The van der Waals surface area contributed by atoms with Crippen LogP contribution in [0.5, 0.6) is 0 Å². The summed E-state index contributed by atoms with van der Waals surface area (Å²) in [4.78, 5) is 34.1. The second-order valence-corrected chi connectivity index (χ2v) is 4.81. The van der Waals surface area contributed by atoms with Gasteiger partial charge >= 0.3 is 11.7 Å². The zero-order valence-electron chi connectivity index (χ0n) is 11.9. The molecule has 0 fully saturated rings. The van der Waals surface area contributed by atoms with Crippen molar-refractivity contribution >= 4 is 22.7 Å². The molecule has 0 N–H and O–H groups in total. The van der Waals surface area contributed by atoms with Gasteiger partial charge in [-0.15, -0.1) is 0 Å². The number of methoxy groups -OCH3 is 1. The van der Waals surface area contributed by atoms with Crippen molar-refractivity contribution in [2.24, 2.45) is 13.0 Å². The standard InChI is InChI=1S/C13H15N3O5/c1-8(12(17)21-3)7-15-11-6-9(16(19)20)4-5-10(11)14(2)13(15)18/h4-6,8H,7H2,1-3H3. The van der Waals surface area contributed by atoms with Crippen molar-refractivity contribution < 1.29 is 14.5 Å². The molecule has 112 valence electrons. The maximum atomic E-state index is 12.2. The van der Waals surface area contributed by atoms with Crippen LogP contribution in [0.3, 0.4) is 0 Å². The van der Waals surface area contributed by atoms with Gasteiger partial charge in [0.15, 0.2) is 0 Å². The average molecular weight is 293 g/mol. The first kappa shape index (κ1) is 14.8. The Morgan fingerprint density at radius 3 is 2.67 bits per heavy atom. The zero-order valence-corrected chi connectivity index (χ0v) is 11.9. The number of fused-ring (bicyclic) bond motifs is 1. The van der Waals surface area contributed by atoms with Gasteiger partial charge in [0.1, 0.15) is 0 Å². The molecule has 0 spiro atoms. The molecule has 0 saturated heterocycles. The third kappa shape index (κ3) is 2.51. The van der Waals surface area contributed by atoms with Crippen LogP contribution in [-0.4, -0.2) is 27.1 Å². The van der Waals surface area contributed by atoms with E-state index in [0.29, 0.717) is 11.0 Å². The second kappa shape index (κ2) is 5.39. The molecule has 0 aliphatic heterocycles. The highest BCUT2D eigenvalue weighted by atomic mass is 16.6. The van der Waals surface area contributed by atoms with Crippen LogP contribution in [0.4, 0.5) is 5.69 Å². The van der Waals surface area contributed by atoms with Gasteiger partial charge in [-0.1, -0.05) is 6.92 Å². The van der Waals surface area contributed by atoms with Crippen LogP contribution in [0.2, 0.25) is 0 Å². The molecule has 1 atom stereocenters. The molecule has 2 aromatic rings. The smallest absolute Gasteiger partial charge is 0.328 e. The molecule has 0 bridgehead atoms. The number of nitro groups is 1. The third-order valence-electron chi connectivity index (χ3n) is 3.40. The summed E-state index contributed by atoms with van der Waals surface area (Å²) in [5, 5.41) is 10.9. The number of carbonyl (C=O) groups excluding carboxylic acids is 1. The number of aromatic nitrogens is 2. The van der Waals surface area contributed by atoms with Crippen molar-refractivity contribution in [3.05, 3.63) is 38.8 Å². The van der Waals surface area contributed by atoms with E-state index in [9.17, 15) is 19.7 Å². The summed E-state index contributed by atoms with van der Waals surface area (Å²) < 4.78 is 7.38. The van der Waals surface area contributed by atoms with Crippen LogP contribution >= 0.6 is 0 Å². The zero-order chi connectivity index (χ0) is 15.7. The highest BCUT2D eigenvalue weighted by molar-refractivity contribution is 5.79. The topological polar surface area (TPSA) is 96.4 Å². The number of nitrogens with zero attached hydrogens (tertiary/aromatic N) is 3. The number of esters is 1. The predicted octanol–water partition coefficient (Wildman–Crippen LogP) is 1.06. The van der Waals surface area contributed by atoms with E-state index in [4.69, 9.17) is 0 Å². The number of ether oxygens (including phenoxy) is 1. The van der Waals surface area contributed by atoms with E-state index in [1.165, 1.54) is 34.4 Å². The fraction of sp³-hybridized carbons (Fsp3) is 0.385. The van der Waals surface area contributed by atoms with Crippen LogP contribution in [0.1, 0.15) is 6.92 Å². The van der Waals surface area contributed by atoms with Crippen molar-refractivity contribution in [2.45, 2.75) is 13.5 Å². The second-order valence-electron chi connectivity index (χ2n) is 4.81.